The highest BCUT2D eigenvalue weighted by molar-refractivity contribution is 7.98. The summed E-state index contributed by atoms with van der Waals surface area (Å²) in [4.78, 5) is 1.32. The van der Waals surface area contributed by atoms with Crippen molar-refractivity contribution in [3.63, 3.8) is 0 Å². The highest BCUT2D eigenvalue weighted by Crippen LogP contribution is 2.28. The van der Waals surface area contributed by atoms with Crippen LogP contribution in [-0.2, 0) is 4.74 Å². The molecule has 2 rings (SSSR count). The van der Waals surface area contributed by atoms with Crippen molar-refractivity contribution in [1.82, 2.24) is 5.32 Å². The molecule has 2 nitrogen and oxygen atoms in total. The van der Waals surface area contributed by atoms with E-state index in [1.54, 1.807) is 11.8 Å². The predicted molar refractivity (Wildman–Crippen MR) is 78.2 cm³/mol. The summed E-state index contributed by atoms with van der Waals surface area (Å²) >= 11 is 1.78. The lowest BCUT2D eigenvalue weighted by molar-refractivity contribution is 0.124. The molecule has 0 spiro atoms. The van der Waals surface area contributed by atoms with Crippen LogP contribution in [0.15, 0.2) is 29.2 Å². The summed E-state index contributed by atoms with van der Waals surface area (Å²) in [6.45, 7) is 4.91. The van der Waals surface area contributed by atoms with Gasteiger partial charge in [0.1, 0.15) is 0 Å². The number of rotatable bonds is 8. The van der Waals surface area contributed by atoms with Crippen LogP contribution in [0.1, 0.15) is 31.4 Å². The zero-order valence-electron chi connectivity index (χ0n) is 11.3. The SMILES string of the molecule is CSc1ccc(C(C)NCCOCC2CC2)cc1. The van der Waals surface area contributed by atoms with Crippen LogP contribution in [0.3, 0.4) is 0 Å². The molecular weight excluding hydrogens is 242 g/mol. The average Bonchev–Trinajstić information content (AvgIpc) is 3.22. The Morgan fingerprint density at radius 3 is 2.67 bits per heavy atom. The number of benzene rings is 1. The van der Waals surface area contributed by atoms with Crippen molar-refractivity contribution in [2.75, 3.05) is 26.0 Å². The minimum Gasteiger partial charge on any atom is -0.380 e. The first-order chi connectivity index (χ1) is 8.79. The van der Waals surface area contributed by atoms with E-state index in [4.69, 9.17) is 4.74 Å². The van der Waals surface area contributed by atoms with Gasteiger partial charge in [0.25, 0.3) is 0 Å². The maximum atomic E-state index is 5.61. The lowest BCUT2D eigenvalue weighted by Crippen LogP contribution is -2.23. The molecular formula is C15H23NOS. The van der Waals surface area contributed by atoms with Gasteiger partial charge in [-0.3, -0.25) is 0 Å². The number of thioether (sulfide) groups is 1. The van der Waals surface area contributed by atoms with E-state index in [1.165, 1.54) is 23.3 Å². The molecule has 0 aliphatic heterocycles. The van der Waals surface area contributed by atoms with E-state index in [9.17, 15) is 0 Å². The van der Waals surface area contributed by atoms with Gasteiger partial charge < -0.3 is 10.1 Å². The Bertz CT molecular complexity index is 348. The molecule has 1 aliphatic rings. The van der Waals surface area contributed by atoms with Crippen molar-refractivity contribution in [3.8, 4) is 0 Å². The fraction of sp³-hybridized carbons (Fsp3) is 0.600. The van der Waals surface area contributed by atoms with Crippen LogP contribution in [-0.4, -0.2) is 26.0 Å². The van der Waals surface area contributed by atoms with Crippen LogP contribution in [0.25, 0.3) is 0 Å². The molecule has 18 heavy (non-hydrogen) atoms. The first-order valence-corrected chi connectivity index (χ1v) is 7.97. The molecule has 1 saturated carbocycles. The van der Waals surface area contributed by atoms with Crippen LogP contribution >= 0.6 is 11.8 Å². The lowest BCUT2D eigenvalue weighted by Gasteiger charge is -2.14. The quantitative estimate of drug-likeness (QED) is 0.574. The zero-order chi connectivity index (χ0) is 12.8. The van der Waals surface area contributed by atoms with Gasteiger partial charge >= 0.3 is 0 Å². The van der Waals surface area contributed by atoms with Gasteiger partial charge in [0.05, 0.1) is 6.61 Å². The number of ether oxygens (including phenoxy) is 1. The van der Waals surface area contributed by atoms with Crippen molar-refractivity contribution in [1.29, 1.82) is 0 Å². The highest BCUT2D eigenvalue weighted by atomic mass is 32.2. The number of nitrogens with one attached hydrogen (secondary N) is 1. The molecule has 1 unspecified atom stereocenters. The minimum absolute atomic E-state index is 0.394. The van der Waals surface area contributed by atoms with E-state index >= 15 is 0 Å². The number of hydrogen-bond donors (Lipinski definition) is 1. The Hall–Kier alpha value is -0.510. The van der Waals surface area contributed by atoms with E-state index < -0.39 is 0 Å². The largest absolute Gasteiger partial charge is 0.380 e. The molecule has 0 radical (unpaired) electrons. The molecule has 0 heterocycles. The standard InChI is InChI=1S/C15H23NOS/c1-12(14-5-7-15(18-2)8-6-14)16-9-10-17-11-13-3-4-13/h5-8,12-13,16H,3-4,9-11H2,1-2H3. The molecule has 0 saturated heterocycles. The third-order valence-corrected chi connectivity index (χ3v) is 4.11. The second kappa shape index (κ2) is 7.17. The Morgan fingerprint density at radius 2 is 2.06 bits per heavy atom. The maximum absolute atomic E-state index is 5.61. The smallest absolute Gasteiger partial charge is 0.0591 e. The van der Waals surface area contributed by atoms with Gasteiger partial charge in [-0.25, -0.2) is 0 Å². The molecule has 1 aromatic rings. The van der Waals surface area contributed by atoms with Crippen molar-refractivity contribution >= 4 is 11.8 Å². The van der Waals surface area contributed by atoms with Gasteiger partial charge in [-0.1, -0.05) is 12.1 Å². The monoisotopic (exact) mass is 265 g/mol. The van der Waals surface area contributed by atoms with E-state index in [1.807, 2.05) is 0 Å². The van der Waals surface area contributed by atoms with Gasteiger partial charge in [-0.2, -0.15) is 0 Å². The van der Waals surface area contributed by atoms with Crippen molar-refractivity contribution < 1.29 is 4.74 Å². The summed E-state index contributed by atoms with van der Waals surface area (Å²) in [5.41, 5.74) is 1.34. The molecule has 100 valence electrons. The number of hydrogen-bond acceptors (Lipinski definition) is 3. The third kappa shape index (κ3) is 4.63. The van der Waals surface area contributed by atoms with Gasteiger partial charge in [0.2, 0.25) is 0 Å². The van der Waals surface area contributed by atoms with Crippen LogP contribution in [0, 0.1) is 5.92 Å². The minimum atomic E-state index is 0.394. The van der Waals surface area contributed by atoms with E-state index in [-0.39, 0.29) is 0 Å². The summed E-state index contributed by atoms with van der Waals surface area (Å²) < 4.78 is 5.61. The molecule has 0 amide bonds. The Balaban J connectivity index is 1.64. The van der Waals surface area contributed by atoms with Gasteiger partial charge in [0, 0.05) is 24.1 Å². The van der Waals surface area contributed by atoms with Crippen molar-refractivity contribution in [2.24, 2.45) is 5.92 Å². The molecule has 0 bridgehead atoms. The van der Waals surface area contributed by atoms with Crippen LogP contribution in [0.2, 0.25) is 0 Å². The summed E-state index contributed by atoms with van der Waals surface area (Å²) in [7, 11) is 0. The van der Waals surface area contributed by atoms with Crippen LogP contribution in [0.5, 0.6) is 0 Å². The Labute approximate surface area is 114 Å². The molecule has 1 fully saturated rings. The third-order valence-electron chi connectivity index (χ3n) is 3.36. The maximum Gasteiger partial charge on any atom is 0.0591 e. The molecule has 1 atom stereocenters. The molecule has 1 N–H and O–H groups in total. The predicted octanol–water partition coefficient (Wildman–Crippen LogP) is 3.49. The first-order valence-electron chi connectivity index (χ1n) is 6.74. The fourth-order valence-electron chi connectivity index (χ4n) is 1.89. The zero-order valence-corrected chi connectivity index (χ0v) is 12.1. The van der Waals surface area contributed by atoms with E-state index in [0.717, 1.165) is 25.7 Å². The van der Waals surface area contributed by atoms with Gasteiger partial charge in [-0.15, -0.1) is 11.8 Å². The summed E-state index contributed by atoms with van der Waals surface area (Å²) in [5.74, 6) is 0.863. The summed E-state index contributed by atoms with van der Waals surface area (Å²) in [6, 6.07) is 9.16. The highest BCUT2D eigenvalue weighted by Gasteiger charge is 2.20. The molecule has 1 aromatic carbocycles. The summed E-state index contributed by atoms with van der Waals surface area (Å²) in [6.07, 6.45) is 4.84. The second-order valence-electron chi connectivity index (χ2n) is 4.97. The molecule has 0 aromatic heterocycles. The fourth-order valence-corrected chi connectivity index (χ4v) is 2.30. The van der Waals surface area contributed by atoms with Gasteiger partial charge in [0.15, 0.2) is 0 Å². The average molecular weight is 265 g/mol. The van der Waals surface area contributed by atoms with E-state index in [0.29, 0.717) is 6.04 Å². The Morgan fingerprint density at radius 1 is 1.33 bits per heavy atom. The summed E-state index contributed by atoms with van der Waals surface area (Å²) in [5, 5.41) is 3.50. The topological polar surface area (TPSA) is 21.3 Å². The van der Waals surface area contributed by atoms with Crippen LogP contribution in [0.4, 0.5) is 0 Å². The lowest BCUT2D eigenvalue weighted by atomic mass is 10.1. The molecule has 1 aliphatic carbocycles. The van der Waals surface area contributed by atoms with Crippen molar-refractivity contribution in [3.05, 3.63) is 29.8 Å². The normalized spacial score (nSPS) is 16.8. The Kier molecular flexibility index (Phi) is 5.54. The van der Waals surface area contributed by atoms with Crippen molar-refractivity contribution in [2.45, 2.75) is 30.7 Å². The van der Waals surface area contributed by atoms with Gasteiger partial charge in [-0.05, 0) is 49.6 Å². The van der Waals surface area contributed by atoms with Crippen LogP contribution < -0.4 is 5.32 Å². The molecule has 3 heteroatoms. The first kappa shape index (κ1) is 13.9. The van der Waals surface area contributed by atoms with E-state index in [2.05, 4.69) is 42.8 Å². The second-order valence-corrected chi connectivity index (χ2v) is 5.85.